The van der Waals surface area contributed by atoms with Gasteiger partial charge in [-0.15, -0.1) is 0 Å². The fraction of sp³-hybridized carbons (Fsp3) is 0.333. The molecule has 0 spiro atoms. The van der Waals surface area contributed by atoms with E-state index in [9.17, 15) is 14.0 Å². The van der Waals surface area contributed by atoms with Gasteiger partial charge in [-0.2, -0.15) is 0 Å². The number of benzene rings is 1. The van der Waals surface area contributed by atoms with Crippen LogP contribution in [0.5, 0.6) is 0 Å². The van der Waals surface area contributed by atoms with E-state index < -0.39 is 11.6 Å². The molecular weight excluding hydrogens is 375 g/mol. The molecule has 1 saturated heterocycles. The molecule has 0 unspecified atom stereocenters. The molecule has 1 fully saturated rings. The molecule has 0 bridgehead atoms. The minimum absolute atomic E-state index is 0.173. The Hall–Kier alpha value is -3.29. The van der Waals surface area contributed by atoms with Gasteiger partial charge in [-0.1, -0.05) is 0 Å². The zero-order chi connectivity index (χ0) is 20.8. The number of alkyl halides is 1. The third-order valence-electron chi connectivity index (χ3n) is 5.38. The topological polar surface area (TPSA) is 88.3 Å². The predicted molar refractivity (Wildman–Crippen MR) is 105 cm³/mol. The van der Waals surface area contributed by atoms with Gasteiger partial charge in [0.15, 0.2) is 5.65 Å². The van der Waals surface area contributed by atoms with Crippen LogP contribution in [0.4, 0.5) is 4.39 Å². The fourth-order valence-electron chi connectivity index (χ4n) is 3.62. The summed E-state index contributed by atoms with van der Waals surface area (Å²) in [7, 11) is 0. The summed E-state index contributed by atoms with van der Waals surface area (Å²) in [5.41, 5.74) is 1.29. The van der Waals surface area contributed by atoms with Gasteiger partial charge in [-0.3, -0.25) is 9.36 Å². The highest BCUT2D eigenvalue weighted by Crippen LogP contribution is 2.27. The smallest absolute Gasteiger partial charge is 0.335 e. The van der Waals surface area contributed by atoms with Crippen molar-refractivity contribution < 1.29 is 19.1 Å². The Balaban J connectivity index is 1.64. The number of carboxylic acids is 1. The Bertz CT molecular complexity index is 1100. The number of likely N-dealkylation sites (tertiary alicyclic amines) is 1. The van der Waals surface area contributed by atoms with E-state index in [4.69, 9.17) is 5.11 Å². The number of aromatic nitrogens is 3. The summed E-state index contributed by atoms with van der Waals surface area (Å²) in [4.78, 5) is 34.5. The predicted octanol–water partition coefficient (Wildman–Crippen LogP) is 3.39. The summed E-state index contributed by atoms with van der Waals surface area (Å²) in [6, 6.07) is 8.13. The van der Waals surface area contributed by atoms with Crippen molar-refractivity contribution in [2.24, 2.45) is 0 Å². The molecule has 3 aromatic rings. The van der Waals surface area contributed by atoms with Crippen molar-refractivity contribution in [3.8, 4) is 5.69 Å². The van der Waals surface area contributed by atoms with E-state index in [0.717, 1.165) is 5.69 Å². The standard InChI is InChI=1S/C21H21FN4O3/c1-13-24-17-11-15(19(27)25-9-7-21(2,22)8-10-25)12-23-18(17)26(13)16-5-3-14(4-6-16)20(28)29/h3-6,11-12H,7-10H2,1-2H3,(H,28,29). The second kappa shape index (κ2) is 6.95. The first-order valence-electron chi connectivity index (χ1n) is 9.42. The van der Waals surface area contributed by atoms with E-state index in [1.54, 1.807) is 30.0 Å². The highest BCUT2D eigenvalue weighted by molar-refractivity contribution is 5.96. The first-order chi connectivity index (χ1) is 13.7. The van der Waals surface area contributed by atoms with Gasteiger partial charge in [0.1, 0.15) is 17.0 Å². The van der Waals surface area contributed by atoms with Crippen LogP contribution < -0.4 is 0 Å². The molecule has 2 aromatic heterocycles. The number of aryl methyl sites for hydroxylation is 1. The van der Waals surface area contributed by atoms with Crippen LogP contribution in [-0.4, -0.2) is 55.2 Å². The van der Waals surface area contributed by atoms with Crippen molar-refractivity contribution in [3.63, 3.8) is 0 Å². The van der Waals surface area contributed by atoms with Crippen molar-refractivity contribution in [2.75, 3.05) is 13.1 Å². The van der Waals surface area contributed by atoms with Crippen molar-refractivity contribution >= 4 is 23.0 Å². The molecule has 3 heterocycles. The molecule has 150 valence electrons. The summed E-state index contributed by atoms with van der Waals surface area (Å²) in [5.74, 6) is -0.491. The van der Waals surface area contributed by atoms with Crippen LogP contribution in [0.2, 0.25) is 0 Å². The molecule has 1 N–H and O–H groups in total. The molecule has 7 nitrogen and oxygen atoms in total. The average Bonchev–Trinajstić information content (AvgIpc) is 3.02. The van der Waals surface area contributed by atoms with Crippen LogP contribution in [0.25, 0.3) is 16.9 Å². The molecule has 0 aliphatic carbocycles. The van der Waals surface area contributed by atoms with Gasteiger partial charge in [0.2, 0.25) is 0 Å². The number of halogens is 1. The lowest BCUT2D eigenvalue weighted by molar-refractivity contribution is 0.0503. The summed E-state index contributed by atoms with van der Waals surface area (Å²) >= 11 is 0. The minimum atomic E-state index is -1.22. The number of pyridine rings is 1. The first kappa shape index (κ1) is 19.0. The minimum Gasteiger partial charge on any atom is -0.478 e. The Morgan fingerprint density at radius 3 is 2.41 bits per heavy atom. The third-order valence-corrected chi connectivity index (χ3v) is 5.38. The summed E-state index contributed by atoms with van der Waals surface area (Å²) in [6.45, 7) is 4.16. The van der Waals surface area contributed by atoms with Gasteiger partial charge in [0, 0.05) is 25.0 Å². The number of carbonyl (C=O) groups is 2. The zero-order valence-electron chi connectivity index (χ0n) is 16.2. The number of amides is 1. The lowest BCUT2D eigenvalue weighted by atomic mass is 9.95. The summed E-state index contributed by atoms with van der Waals surface area (Å²) in [5, 5.41) is 9.06. The summed E-state index contributed by atoms with van der Waals surface area (Å²) < 4.78 is 15.8. The quantitative estimate of drug-likeness (QED) is 0.733. The molecule has 0 saturated carbocycles. The van der Waals surface area contributed by atoms with Crippen molar-refractivity contribution in [1.82, 2.24) is 19.4 Å². The zero-order valence-corrected chi connectivity index (χ0v) is 16.2. The van der Waals surface area contributed by atoms with Crippen LogP contribution in [0.15, 0.2) is 36.5 Å². The fourth-order valence-corrected chi connectivity index (χ4v) is 3.62. The number of carbonyl (C=O) groups excluding carboxylic acids is 1. The number of aromatic carboxylic acids is 1. The van der Waals surface area contributed by atoms with Crippen LogP contribution in [0, 0.1) is 6.92 Å². The number of piperidine rings is 1. The molecule has 4 rings (SSSR count). The lowest BCUT2D eigenvalue weighted by Crippen LogP contribution is -2.43. The molecule has 1 aliphatic heterocycles. The molecule has 1 amide bonds. The van der Waals surface area contributed by atoms with E-state index in [1.165, 1.54) is 18.3 Å². The van der Waals surface area contributed by atoms with Crippen LogP contribution >= 0.6 is 0 Å². The molecule has 1 aromatic carbocycles. The monoisotopic (exact) mass is 396 g/mol. The first-order valence-corrected chi connectivity index (χ1v) is 9.42. The second-order valence-electron chi connectivity index (χ2n) is 7.62. The maximum absolute atomic E-state index is 14.0. The van der Waals surface area contributed by atoms with Gasteiger partial charge in [-0.25, -0.2) is 19.2 Å². The number of imidazole rings is 1. The Morgan fingerprint density at radius 1 is 1.14 bits per heavy atom. The lowest BCUT2D eigenvalue weighted by Gasteiger charge is -2.34. The largest absolute Gasteiger partial charge is 0.478 e. The van der Waals surface area contributed by atoms with E-state index in [1.807, 2.05) is 11.5 Å². The van der Waals surface area contributed by atoms with Crippen LogP contribution in [0.1, 0.15) is 46.3 Å². The Labute approximate surface area is 166 Å². The van der Waals surface area contributed by atoms with E-state index in [2.05, 4.69) is 9.97 Å². The SMILES string of the molecule is Cc1nc2cc(C(=O)N3CCC(C)(F)CC3)cnc2n1-c1ccc(C(=O)O)cc1. The van der Waals surface area contributed by atoms with E-state index >= 15 is 0 Å². The van der Waals surface area contributed by atoms with Crippen LogP contribution in [-0.2, 0) is 0 Å². The van der Waals surface area contributed by atoms with Gasteiger partial charge in [-0.05, 0) is 57.0 Å². The van der Waals surface area contributed by atoms with Gasteiger partial charge >= 0.3 is 5.97 Å². The average molecular weight is 396 g/mol. The van der Waals surface area contributed by atoms with Gasteiger partial charge < -0.3 is 10.0 Å². The van der Waals surface area contributed by atoms with E-state index in [-0.39, 0.29) is 11.5 Å². The van der Waals surface area contributed by atoms with Gasteiger partial charge in [0.25, 0.3) is 5.91 Å². The summed E-state index contributed by atoms with van der Waals surface area (Å²) in [6.07, 6.45) is 2.17. The number of hydrogen-bond acceptors (Lipinski definition) is 4. The molecule has 0 atom stereocenters. The van der Waals surface area contributed by atoms with E-state index in [0.29, 0.717) is 48.5 Å². The molecule has 8 heteroatoms. The molecular formula is C21H21FN4O3. The van der Waals surface area contributed by atoms with Gasteiger partial charge in [0.05, 0.1) is 11.1 Å². The van der Waals surface area contributed by atoms with Crippen LogP contribution in [0.3, 0.4) is 0 Å². The molecule has 1 aliphatic rings. The number of rotatable bonds is 3. The normalized spacial score (nSPS) is 16.2. The highest BCUT2D eigenvalue weighted by Gasteiger charge is 2.32. The maximum Gasteiger partial charge on any atom is 0.335 e. The maximum atomic E-state index is 14.0. The molecule has 29 heavy (non-hydrogen) atoms. The third kappa shape index (κ3) is 3.57. The number of nitrogens with zero attached hydrogens (tertiary/aromatic N) is 4. The number of carboxylic acid groups (broad SMARTS) is 1. The second-order valence-corrected chi connectivity index (χ2v) is 7.62. The van der Waals surface area contributed by atoms with Crippen molar-refractivity contribution in [1.29, 1.82) is 0 Å². The Kier molecular flexibility index (Phi) is 4.56. The highest BCUT2D eigenvalue weighted by atomic mass is 19.1. The van der Waals surface area contributed by atoms with Crippen molar-refractivity contribution in [2.45, 2.75) is 32.4 Å². The van der Waals surface area contributed by atoms with Crippen molar-refractivity contribution in [3.05, 3.63) is 53.5 Å². The Morgan fingerprint density at radius 2 is 1.79 bits per heavy atom. The number of fused-ring (bicyclic) bond motifs is 1. The number of hydrogen-bond donors (Lipinski definition) is 1. The molecule has 0 radical (unpaired) electrons.